The van der Waals surface area contributed by atoms with E-state index in [9.17, 15) is 9.18 Å². The molecule has 1 amide bonds. The van der Waals surface area contributed by atoms with Crippen LogP contribution in [-0.4, -0.2) is 43.5 Å². The Bertz CT molecular complexity index is 724. The lowest BCUT2D eigenvalue weighted by molar-refractivity contribution is -0.121. The smallest absolute Gasteiger partial charge is 0.221 e. The Hall–Kier alpha value is -2.40. The van der Waals surface area contributed by atoms with Gasteiger partial charge >= 0.3 is 0 Å². The third-order valence-electron chi connectivity index (χ3n) is 4.79. The molecule has 0 bridgehead atoms. The Balaban J connectivity index is 1.36. The zero-order valence-electron chi connectivity index (χ0n) is 15.2. The molecule has 2 aromatic rings. The number of nitrogens with one attached hydrogen (secondary N) is 1. The Morgan fingerprint density at radius 2 is 1.81 bits per heavy atom. The monoisotopic (exact) mass is 355 g/mol. The molecule has 4 nitrogen and oxygen atoms in total. The zero-order chi connectivity index (χ0) is 18.4. The fourth-order valence-corrected chi connectivity index (χ4v) is 3.25. The van der Waals surface area contributed by atoms with E-state index in [1.54, 1.807) is 0 Å². The minimum Gasteiger partial charge on any atom is -0.369 e. The van der Waals surface area contributed by atoms with Gasteiger partial charge in [-0.1, -0.05) is 29.8 Å². The summed E-state index contributed by atoms with van der Waals surface area (Å²) in [4.78, 5) is 16.6. The number of rotatable bonds is 6. The Morgan fingerprint density at radius 1 is 1.08 bits per heavy atom. The van der Waals surface area contributed by atoms with Gasteiger partial charge in [-0.25, -0.2) is 4.39 Å². The predicted molar refractivity (Wildman–Crippen MR) is 103 cm³/mol. The Labute approximate surface area is 154 Å². The second-order valence-electron chi connectivity index (χ2n) is 6.82. The van der Waals surface area contributed by atoms with Crippen LogP contribution in [0.1, 0.15) is 17.5 Å². The normalized spacial score (nSPS) is 15.1. The van der Waals surface area contributed by atoms with Gasteiger partial charge in [0.1, 0.15) is 5.82 Å². The van der Waals surface area contributed by atoms with Crippen LogP contribution in [0.25, 0.3) is 0 Å². The van der Waals surface area contributed by atoms with Crippen LogP contribution >= 0.6 is 0 Å². The molecule has 0 radical (unpaired) electrons. The molecule has 1 heterocycles. The van der Waals surface area contributed by atoms with Crippen LogP contribution in [0, 0.1) is 12.7 Å². The van der Waals surface area contributed by atoms with E-state index in [0.717, 1.165) is 44.0 Å². The van der Waals surface area contributed by atoms with Crippen molar-refractivity contribution in [2.45, 2.75) is 19.9 Å². The van der Waals surface area contributed by atoms with Crippen LogP contribution in [0.5, 0.6) is 0 Å². The third kappa shape index (κ3) is 5.30. The lowest BCUT2D eigenvalue weighted by Crippen LogP contribution is -2.47. The third-order valence-corrected chi connectivity index (χ3v) is 4.79. The summed E-state index contributed by atoms with van der Waals surface area (Å²) in [6.07, 6.45) is 0.516. The van der Waals surface area contributed by atoms with Crippen molar-refractivity contribution in [3.05, 3.63) is 65.5 Å². The summed E-state index contributed by atoms with van der Waals surface area (Å²) >= 11 is 0. The van der Waals surface area contributed by atoms with Gasteiger partial charge in [0.25, 0.3) is 0 Å². The SMILES string of the molecule is Cc1cccc(CNC(=O)CCN2CCN(c3ccc(F)cc3)CC2)c1. The maximum absolute atomic E-state index is 13.0. The molecule has 1 aliphatic heterocycles. The number of benzene rings is 2. The second kappa shape index (κ2) is 8.81. The van der Waals surface area contributed by atoms with Gasteiger partial charge in [-0.3, -0.25) is 9.69 Å². The minimum absolute atomic E-state index is 0.0903. The van der Waals surface area contributed by atoms with E-state index in [1.807, 2.05) is 24.3 Å². The molecular formula is C21H26FN3O. The van der Waals surface area contributed by atoms with Crippen LogP contribution in [0.3, 0.4) is 0 Å². The molecule has 0 unspecified atom stereocenters. The molecule has 1 fully saturated rings. The van der Waals surface area contributed by atoms with Crippen LogP contribution in [-0.2, 0) is 11.3 Å². The van der Waals surface area contributed by atoms with Gasteiger partial charge < -0.3 is 10.2 Å². The average molecular weight is 355 g/mol. The summed E-state index contributed by atoms with van der Waals surface area (Å²) in [6, 6.07) is 14.8. The molecule has 5 heteroatoms. The lowest BCUT2D eigenvalue weighted by Gasteiger charge is -2.36. The van der Waals surface area contributed by atoms with Crippen molar-refractivity contribution in [2.24, 2.45) is 0 Å². The zero-order valence-corrected chi connectivity index (χ0v) is 15.2. The molecule has 1 N–H and O–H groups in total. The molecule has 1 saturated heterocycles. The van der Waals surface area contributed by atoms with Crippen LogP contribution in [0.2, 0.25) is 0 Å². The predicted octanol–water partition coefficient (Wildman–Crippen LogP) is 2.96. The fraction of sp³-hybridized carbons (Fsp3) is 0.381. The maximum atomic E-state index is 13.0. The first-order valence-electron chi connectivity index (χ1n) is 9.15. The highest BCUT2D eigenvalue weighted by molar-refractivity contribution is 5.76. The van der Waals surface area contributed by atoms with E-state index < -0.39 is 0 Å². The maximum Gasteiger partial charge on any atom is 0.221 e. The first-order valence-corrected chi connectivity index (χ1v) is 9.15. The van der Waals surface area contributed by atoms with E-state index in [2.05, 4.69) is 34.2 Å². The highest BCUT2D eigenvalue weighted by Gasteiger charge is 2.17. The molecule has 26 heavy (non-hydrogen) atoms. The fourth-order valence-electron chi connectivity index (χ4n) is 3.25. The molecule has 0 spiro atoms. The number of hydrogen-bond donors (Lipinski definition) is 1. The molecule has 0 saturated carbocycles. The number of carbonyl (C=O) groups is 1. The van der Waals surface area contributed by atoms with Crippen molar-refractivity contribution in [1.82, 2.24) is 10.2 Å². The van der Waals surface area contributed by atoms with Gasteiger partial charge in [-0.15, -0.1) is 0 Å². The molecule has 0 aromatic heterocycles. The summed E-state index contributed by atoms with van der Waals surface area (Å²) in [7, 11) is 0. The van der Waals surface area contributed by atoms with E-state index in [-0.39, 0.29) is 11.7 Å². The van der Waals surface area contributed by atoms with Gasteiger partial charge in [0.2, 0.25) is 5.91 Å². The summed E-state index contributed by atoms with van der Waals surface area (Å²) in [5.41, 5.74) is 3.39. The molecule has 0 aliphatic carbocycles. The topological polar surface area (TPSA) is 35.6 Å². The highest BCUT2D eigenvalue weighted by Crippen LogP contribution is 2.17. The number of hydrogen-bond acceptors (Lipinski definition) is 3. The van der Waals surface area contributed by atoms with Crippen molar-refractivity contribution in [1.29, 1.82) is 0 Å². The van der Waals surface area contributed by atoms with Crippen molar-refractivity contribution in [2.75, 3.05) is 37.6 Å². The van der Waals surface area contributed by atoms with Gasteiger partial charge in [0.05, 0.1) is 0 Å². The van der Waals surface area contributed by atoms with E-state index >= 15 is 0 Å². The van der Waals surface area contributed by atoms with Gasteiger partial charge in [-0.05, 0) is 36.8 Å². The first-order chi connectivity index (χ1) is 12.6. The van der Waals surface area contributed by atoms with Crippen molar-refractivity contribution >= 4 is 11.6 Å². The molecule has 0 atom stereocenters. The quantitative estimate of drug-likeness (QED) is 0.865. The molecule has 2 aromatic carbocycles. The van der Waals surface area contributed by atoms with Crippen LogP contribution in [0.4, 0.5) is 10.1 Å². The van der Waals surface area contributed by atoms with E-state index in [1.165, 1.54) is 17.7 Å². The standard InChI is InChI=1S/C21H26FN3O/c1-17-3-2-4-18(15-17)16-23-21(26)9-10-24-11-13-25(14-12-24)20-7-5-19(22)6-8-20/h2-8,15H,9-14,16H2,1H3,(H,23,26). The molecular weight excluding hydrogens is 329 g/mol. The number of aryl methyl sites for hydroxylation is 1. The lowest BCUT2D eigenvalue weighted by atomic mass is 10.1. The second-order valence-corrected chi connectivity index (χ2v) is 6.82. The number of nitrogens with zero attached hydrogens (tertiary/aromatic N) is 2. The van der Waals surface area contributed by atoms with Crippen molar-refractivity contribution in [3.8, 4) is 0 Å². The molecule has 3 rings (SSSR count). The number of halogens is 1. The number of carbonyl (C=O) groups excluding carboxylic acids is 1. The number of piperazine rings is 1. The summed E-state index contributed by atoms with van der Waals surface area (Å²) in [5, 5.41) is 2.99. The average Bonchev–Trinajstić information content (AvgIpc) is 2.66. The first kappa shape index (κ1) is 18.4. The Kier molecular flexibility index (Phi) is 6.23. The molecule has 1 aliphatic rings. The largest absolute Gasteiger partial charge is 0.369 e. The summed E-state index contributed by atoms with van der Waals surface area (Å²) in [6.45, 7) is 7.05. The van der Waals surface area contributed by atoms with Crippen molar-refractivity contribution < 1.29 is 9.18 Å². The minimum atomic E-state index is -0.205. The Morgan fingerprint density at radius 3 is 2.50 bits per heavy atom. The van der Waals surface area contributed by atoms with Crippen LogP contribution in [0.15, 0.2) is 48.5 Å². The molecule has 138 valence electrons. The van der Waals surface area contributed by atoms with E-state index in [4.69, 9.17) is 0 Å². The summed E-state index contributed by atoms with van der Waals surface area (Å²) < 4.78 is 13.0. The summed E-state index contributed by atoms with van der Waals surface area (Å²) in [5.74, 6) is -0.114. The number of anilines is 1. The van der Waals surface area contributed by atoms with Gasteiger partial charge in [0, 0.05) is 51.4 Å². The van der Waals surface area contributed by atoms with Gasteiger partial charge in [0.15, 0.2) is 0 Å². The van der Waals surface area contributed by atoms with E-state index in [0.29, 0.717) is 13.0 Å². The van der Waals surface area contributed by atoms with Gasteiger partial charge in [-0.2, -0.15) is 0 Å². The van der Waals surface area contributed by atoms with Crippen LogP contribution < -0.4 is 10.2 Å². The number of amides is 1. The highest BCUT2D eigenvalue weighted by atomic mass is 19.1. The van der Waals surface area contributed by atoms with Crippen molar-refractivity contribution in [3.63, 3.8) is 0 Å².